The van der Waals surface area contributed by atoms with Crippen LogP contribution >= 0.6 is 23.4 Å². The van der Waals surface area contributed by atoms with E-state index in [1.165, 1.54) is 11.8 Å². The summed E-state index contributed by atoms with van der Waals surface area (Å²) in [7, 11) is 4.04. The van der Waals surface area contributed by atoms with Crippen LogP contribution < -0.4 is 0 Å². The van der Waals surface area contributed by atoms with Gasteiger partial charge in [-0.05, 0) is 52.2 Å². The van der Waals surface area contributed by atoms with Crippen molar-refractivity contribution < 1.29 is 4.52 Å². The summed E-state index contributed by atoms with van der Waals surface area (Å²) >= 11 is 7.63. The van der Waals surface area contributed by atoms with Crippen molar-refractivity contribution in [3.63, 3.8) is 0 Å². The number of aromatic nitrogens is 5. The van der Waals surface area contributed by atoms with Gasteiger partial charge in [-0.3, -0.25) is 9.47 Å². The zero-order chi connectivity index (χ0) is 21.3. The Morgan fingerprint density at radius 1 is 1.10 bits per heavy atom. The van der Waals surface area contributed by atoms with Gasteiger partial charge in [0.05, 0.1) is 11.3 Å². The fourth-order valence-electron chi connectivity index (χ4n) is 2.61. The molecular weight excluding hydrogens is 408 g/mol. The van der Waals surface area contributed by atoms with Crippen LogP contribution in [0.2, 0.25) is 5.02 Å². The van der Waals surface area contributed by atoms with E-state index in [-0.39, 0.29) is 16.7 Å². The van der Waals surface area contributed by atoms with Crippen molar-refractivity contribution >= 4 is 23.4 Å². The second kappa shape index (κ2) is 8.45. The van der Waals surface area contributed by atoms with Crippen molar-refractivity contribution in [2.24, 2.45) is 0 Å². The maximum absolute atomic E-state index is 6.09. The summed E-state index contributed by atoms with van der Waals surface area (Å²) in [6, 6.07) is 7.76. The van der Waals surface area contributed by atoms with Crippen LogP contribution in [-0.2, 0) is 5.41 Å². The minimum Gasteiger partial charge on any atom is -0.338 e. The molecule has 2 atom stereocenters. The minimum atomic E-state index is -0.163. The summed E-state index contributed by atoms with van der Waals surface area (Å²) in [5, 5.41) is 14.5. The zero-order valence-electron chi connectivity index (χ0n) is 17.8. The minimum absolute atomic E-state index is 0.0728. The van der Waals surface area contributed by atoms with Gasteiger partial charge in [-0.25, -0.2) is 0 Å². The van der Waals surface area contributed by atoms with Crippen molar-refractivity contribution in [3.05, 3.63) is 46.8 Å². The summed E-state index contributed by atoms with van der Waals surface area (Å²) in [5.74, 6) is 2.13. The molecule has 2 unspecified atom stereocenters. The number of benzene rings is 1. The van der Waals surface area contributed by atoms with Crippen LogP contribution in [0.5, 0.6) is 0 Å². The third kappa shape index (κ3) is 4.82. The molecule has 156 valence electrons. The molecule has 0 aliphatic rings. The topological polar surface area (TPSA) is 72.9 Å². The molecule has 0 radical (unpaired) electrons. The molecule has 7 nitrogen and oxygen atoms in total. The van der Waals surface area contributed by atoms with Gasteiger partial charge in [0.15, 0.2) is 16.8 Å². The van der Waals surface area contributed by atoms with Crippen LogP contribution in [0.3, 0.4) is 0 Å². The molecule has 1 aromatic carbocycles. The lowest BCUT2D eigenvalue weighted by molar-refractivity contribution is 0.305. The quantitative estimate of drug-likeness (QED) is 0.501. The van der Waals surface area contributed by atoms with Gasteiger partial charge >= 0.3 is 0 Å². The van der Waals surface area contributed by atoms with Crippen LogP contribution in [0.4, 0.5) is 0 Å². The van der Waals surface area contributed by atoms with E-state index in [9.17, 15) is 0 Å². The zero-order valence-corrected chi connectivity index (χ0v) is 19.4. The summed E-state index contributed by atoms with van der Waals surface area (Å²) in [6.07, 6.45) is 0. The highest BCUT2D eigenvalue weighted by atomic mass is 35.5. The molecule has 3 aromatic rings. The lowest BCUT2D eigenvalue weighted by Crippen LogP contribution is -2.20. The highest BCUT2D eigenvalue weighted by Gasteiger charge is 2.26. The van der Waals surface area contributed by atoms with E-state index in [0.717, 1.165) is 16.7 Å². The first-order chi connectivity index (χ1) is 13.6. The molecular formula is C20H27ClN6OS. The Morgan fingerprint density at radius 2 is 1.76 bits per heavy atom. The Balaban J connectivity index is 1.96. The normalized spacial score (nSPS) is 14.4. The first-order valence-electron chi connectivity index (χ1n) is 9.46. The molecule has 9 heteroatoms. The average Bonchev–Trinajstić information content (AvgIpc) is 3.29. The molecule has 0 spiro atoms. The summed E-state index contributed by atoms with van der Waals surface area (Å²) in [6.45, 7) is 10.3. The number of thioether (sulfide) groups is 1. The number of halogens is 1. The van der Waals surface area contributed by atoms with E-state index >= 15 is 0 Å². The molecule has 0 aliphatic carbocycles. The Labute approximate surface area is 180 Å². The molecule has 0 saturated carbocycles. The van der Waals surface area contributed by atoms with Crippen molar-refractivity contribution in [1.29, 1.82) is 0 Å². The fraction of sp³-hybridized carbons (Fsp3) is 0.500. The van der Waals surface area contributed by atoms with E-state index in [1.54, 1.807) is 0 Å². The maximum Gasteiger partial charge on any atom is 0.239 e. The highest BCUT2D eigenvalue weighted by Crippen LogP contribution is 2.36. The van der Waals surface area contributed by atoms with Crippen LogP contribution in [0, 0.1) is 0 Å². The molecule has 0 bridgehead atoms. The standard InChI is InChI=1S/C20H27ClN6OS/c1-12(26(6)7)16-23-24-19(27(16)15-10-8-14(21)9-11-15)29-13(2)17-22-18(25-28-17)20(3,4)5/h8-13H,1-7H3. The lowest BCUT2D eigenvalue weighted by atomic mass is 9.96. The SMILES string of the molecule is CC(Sc1nnc(C(C)N(C)C)n1-c1ccc(Cl)cc1)c1nc(C(C)(C)C)no1. The van der Waals surface area contributed by atoms with Gasteiger partial charge in [0.2, 0.25) is 5.89 Å². The van der Waals surface area contributed by atoms with Crippen molar-refractivity contribution in [2.75, 3.05) is 14.1 Å². The second-order valence-corrected chi connectivity index (χ2v) is 10.0. The highest BCUT2D eigenvalue weighted by molar-refractivity contribution is 7.99. The summed E-state index contributed by atoms with van der Waals surface area (Å²) in [5.41, 5.74) is 0.794. The van der Waals surface area contributed by atoms with E-state index in [2.05, 4.69) is 57.5 Å². The largest absolute Gasteiger partial charge is 0.338 e. The first kappa shape index (κ1) is 21.8. The number of hydrogen-bond donors (Lipinski definition) is 0. The fourth-order valence-corrected chi connectivity index (χ4v) is 3.64. The van der Waals surface area contributed by atoms with Gasteiger partial charge in [-0.2, -0.15) is 4.98 Å². The summed E-state index contributed by atoms with van der Waals surface area (Å²) < 4.78 is 7.57. The predicted molar refractivity (Wildman–Crippen MR) is 116 cm³/mol. The maximum atomic E-state index is 6.09. The van der Waals surface area contributed by atoms with E-state index in [4.69, 9.17) is 16.1 Å². The summed E-state index contributed by atoms with van der Waals surface area (Å²) in [4.78, 5) is 6.68. The third-order valence-corrected chi connectivity index (χ3v) is 5.92. The Hall–Kier alpha value is -1.90. The number of hydrogen-bond acceptors (Lipinski definition) is 7. The Morgan fingerprint density at radius 3 is 2.31 bits per heavy atom. The van der Waals surface area contributed by atoms with Crippen molar-refractivity contribution in [2.45, 2.75) is 56.5 Å². The molecule has 0 fully saturated rings. The smallest absolute Gasteiger partial charge is 0.239 e. The Bertz CT molecular complexity index is 960. The molecule has 0 aliphatic heterocycles. The molecule has 2 aromatic heterocycles. The molecule has 0 amide bonds. The predicted octanol–water partition coefficient (Wildman–Crippen LogP) is 5.08. The third-order valence-electron chi connectivity index (χ3n) is 4.63. The van der Waals surface area contributed by atoms with E-state index in [0.29, 0.717) is 16.7 Å². The van der Waals surface area contributed by atoms with Crippen LogP contribution in [-0.4, -0.2) is 43.9 Å². The van der Waals surface area contributed by atoms with Gasteiger partial charge in [0.25, 0.3) is 0 Å². The molecule has 29 heavy (non-hydrogen) atoms. The average molecular weight is 435 g/mol. The molecule has 0 saturated heterocycles. The van der Waals surface area contributed by atoms with Crippen LogP contribution in [0.15, 0.2) is 33.9 Å². The van der Waals surface area contributed by atoms with E-state index in [1.807, 2.05) is 45.3 Å². The molecule has 0 N–H and O–H groups in total. The first-order valence-corrected chi connectivity index (χ1v) is 10.7. The van der Waals surface area contributed by atoms with Gasteiger partial charge in [-0.1, -0.05) is 49.3 Å². The van der Waals surface area contributed by atoms with Crippen LogP contribution in [0.1, 0.15) is 63.4 Å². The number of rotatable bonds is 6. The number of nitrogens with zero attached hydrogens (tertiary/aromatic N) is 6. The van der Waals surface area contributed by atoms with Gasteiger partial charge in [0.1, 0.15) is 0 Å². The second-order valence-electron chi connectivity index (χ2n) is 8.26. The Kier molecular flexibility index (Phi) is 6.36. The van der Waals surface area contributed by atoms with Gasteiger partial charge in [-0.15, -0.1) is 10.2 Å². The molecule has 3 rings (SSSR count). The lowest BCUT2D eigenvalue weighted by Gasteiger charge is -2.20. The van der Waals surface area contributed by atoms with Gasteiger partial charge in [0, 0.05) is 16.1 Å². The van der Waals surface area contributed by atoms with Crippen molar-refractivity contribution in [3.8, 4) is 5.69 Å². The van der Waals surface area contributed by atoms with Crippen molar-refractivity contribution in [1.82, 2.24) is 29.8 Å². The van der Waals surface area contributed by atoms with E-state index < -0.39 is 0 Å². The molecule has 2 heterocycles. The monoisotopic (exact) mass is 434 g/mol. The van der Waals surface area contributed by atoms with Gasteiger partial charge < -0.3 is 4.52 Å². The van der Waals surface area contributed by atoms with Crippen LogP contribution in [0.25, 0.3) is 5.69 Å².